The zero-order valence-corrected chi connectivity index (χ0v) is 15.1. The lowest BCUT2D eigenvalue weighted by Crippen LogP contribution is -2.38. The normalized spacial score (nSPS) is 16.8. The van der Waals surface area contributed by atoms with Gasteiger partial charge in [-0.1, -0.05) is 6.07 Å². The SMILES string of the molecule is C[C@@H](c1ccc2c(c1)OCCO2)N(C)C(=O)NCc1cncn1C1CC1. The van der Waals surface area contributed by atoms with Crippen molar-refractivity contribution in [3.8, 4) is 11.5 Å². The summed E-state index contributed by atoms with van der Waals surface area (Å²) in [6.07, 6.45) is 6.06. The van der Waals surface area contributed by atoms with Gasteiger partial charge in [0.2, 0.25) is 0 Å². The van der Waals surface area contributed by atoms with E-state index in [9.17, 15) is 4.79 Å². The molecule has 0 spiro atoms. The summed E-state index contributed by atoms with van der Waals surface area (Å²) < 4.78 is 13.4. The highest BCUT2D eigenvalue weighted by molar-refractivity contribution is 5.74. The van der Waals surface area contributed by atoms with E-state index >= 15 is 0 Å². The van der Waals surface area contributed by atoms with Crippen molar-refractivity contribution in [3.63, 3.8) is 0 Å². The van der Waals surface area contributed by atoms with Crippen LogP contribution in [0.25, 0.3) is 0 Å². The monoisotopic (exact) mass is 356 g/mol. The number of nitrogens with one attached hydrogen (secondary N) is 1. The van der Waals surface area contributed by atoms with Gasteiger partial charge in [-0.3, -0.25) is 0 Å². The van der Waals surface area contributed by atoms with Crippen molar-refractivity contribution in [1.29, 1.82) is 0 Å². The summed E-state index contributed by atoms with van der Waals surface area (Å²) in [6, 6.07) is 6.18. The van der Waals surface area contributed by atoms with Crippen LogP contribution in [0.1, 0.15) is 43.1 Å². The summed E-state index contributed by atoms with van der Waals surface area (Å²) in [6.45, 7) is 3.60. The van der Waals surface area contributed by atoms with E-state index in [2.05, 4.69) is 14.9 Å². The first kappa shape index (κ1) is 16.8. The Balaban J connectivity index is 1.38. The van der Waals surface area contributed by atoms with Crippen LogP contribution < -0.4 is 14.8 Å². The Bertz CT molecular complexity index is 800. The molecule has 2 aliphatic rings. The maximum atomic E-state index is 12.6. The standard InChI is InChI=1S/C19H24N4O3/c1-13(14-3-6-17-18(9-14)26-8-7-25-17)22(2)19(24)21-11-16-10-20-12-23(16)15-4-5-15/h3,6,9-10,12-13,15H,4-5,7-8,11H2,1-2H3,(H,21,24)/t13-/m0/s1. The molecule has 1 aromatic carbocycles. The first-order chi connectivity index (χ1) is 12.6. The molecule has 0 unspecified atom stereocenters. The van der Waals surface area contributed by atoms with E-state index in [1.54, 1.807) is 11.9 Å². The molecule has 1 saturated carbocycles. The number of carbonyl (C=O) groups excluding carboxylic acids is 1. The van der Waals surface area contributed by atoms with Gasteiger partial charge in [0.1, 0.15) is 13.2 Å². The summed E-state index contributed by atoms with van der Waals surface area (Å²) in [5.41, 5.74) is 2.05. The average molecular weight is 356 g/mol. The van der Waals surface area contributed by atoms with Crippen molar-refractivity contribution < 1.29 is 14.3 Å². The smallest absolute Gasteiger partial charge is 0.317 e. The molecule has 26 heavy (non-hydrogen) atoms. The maximum absolute atomic E-state index is 12.6. The minimum Gasteiger partial charge on any atom is -0.486 e. The molecule has 1 aliphatic heterocycles. The lowest BCUT2D eigenvalue weighted by molar-refractivity contribution is 0.170. The van der Waals surface area contributed by atoms with Crippen LogP contribution in [-0.2, 0) is 6.54 Å². The Kier molecular flexibility index (Phi) is 4.44. The molecule has 1 fully saturated rings. The zero-order valence-electron chi connectivity index (χ0n) is 15.1. The van der Waals surface area contributed by atoms with E-state index in [1.807, 2.05) is 37.6 Å². The van der Waals surface area contributed by atoms with Crippen LogP contribution in [0, 0.1) is 0 Å². The lowest BCUT2D eigenvalue weighted by Gasteiger charge is -2.27. The van der Waals surface area contributed by atoms with Crippen LogP contribution in [0.3, 0.4) is 0 Å². The van der Waals surface area contributed by atoms with Gasteiger partial charge < -0.3 is 24.3 Å². The second-order valence-corrected chi connectivity index (χ2v) is 6.87. The van der Waals surface area contributed by atoms with Gasteiger partial charge in [0.25, 0.3) is 0 Å². The first-order valence-electron chi connectivity index (χ1n) is 9.04. The minimum atomic E-state index is -0.115. The fourth-order valence-corrected chi connectivity index (χ4v) is 3.16. The van der Waals surface area contributed by atoms with Gasteiger partial charge in [-0.2, -0.15) is 0 Å². The molecule has 1 aliphatic carbocycles. The Hall–Kier alpha value is -2.70. The second kappa shape index (κ2) is 6.90. The predicted molar refractivity (Wildman–Crippen MR) is 96.3 cm³/mol. The number of aromatic nitrogens is 2. The van der Waals surface area contributed by atoms with E-state index in [-0.39, 0.29) is 12.1 Å². The van der Waals surface area contributed by atoms with E-state index < -0.39 is 0 Å². The molecule has 7 heteroatoms. The minimum absolute atomic E-state index is 0.0841. The van der Waals surface area contributed by atoms with Gasteiger partial charge in [0, 0.05) is 19.3 Å². The van der Waals surface area contributed by atoms with Crippen molar-refractivity contribution in [2.75, 3.05) is 20.3 Å². The quantitative estimate of drug-likeness (QED) is 0.894. The highest BCUT2D eigenvalue weighted by Crippen LogP contribution is 2.36. The number of imidazole rings is 1. The number of carbonyl (C=O) groups is 1. The Labute approximate surface area is 152 Å². The fourth-order valence-electron chi connectivity index (χ4n) is 3.16. The van der Waals surface area contributed by atoms with Crippen molar-refractivity contribution in [1.82, 2.24) is 19.8 Å². The zero-order chi connectivity index (χ0) is 18.1. The van der Waals surface area contributed by atoms with Gasteiger partial charge >= 0.3 is 6.03 Å². The largest absolute Gasteiger partial charge is 0.486 e. The average Bonchev–Trinajstić information content (AvgIpc) is 3.42. The Morgan fingerprint density at radius 1 is 1.35 bits per heavy atom. The fraction of sp³-hybridized carbons (Fsp3) is 0.474. The summed E-state index contributed by atoms with van der Waals surface area (Å²) in [4.78, 5) is 18.5. The van der Waals surface area contributed by atoms with Crippen LogP contribution in [0.15, 0.2) is 30.7 Å². The number of ether oxygens (including phenoxy) is 2. The molecule has 0 radical (unpaired) electrons. The Morgan fingerprint density at radius 3 is 2.88 bits per heavy atom. The van der Waals surface area contributed by atoms with E-state index in [0.29, 0.717) is 25.8 Å². The third-order valence-electron chi connectivity index (χ3n) is 5.06. The summed E-state index contributed by atoms with van der Waals surface area (Å²) in [5, 5.41) is 2.99. The Morgan fingerprint density at radius 2 is 2.12 bits per heavy atom. The van der Waals surface area contributed by atoms with Crippen LogP contribution in [-0.4, -0.2) is 40.7 Å². The van der Waals surface area contributed by atoms with Gasteiger partial charge in [-0.25, -0.2) is 9.78 Å². The molecule has 2 heterocycles. The van der Waals surface area contributed by atoms with E-state index in [4.69, 9.17) is 9.47 Å². The van der Waals surface area contributed by atoms with Crippen molar-refractivity contribution >= 4 is 6.03 Å². The number of rotatable bonds is 5. The van der Waals surface area contributed by atoms with Gasteiger partial charge in [0.05, 0.1) is 24.6 Å². The van der Waals surface area contributed by atoms with Crippen LogP contribution in [0.2, 0.25) is 0 Å². The molecule has 2 aromatic rings. The van der Waals surface area contributed by atoms with Gasteiger partial charge in [0.15, 0.2) is 11.5 Å². The topological polar surface area (TPSA) is 68.6 Å². The van der Waals surface area contributed by atoms with E-state index in [1.165, 1.54) is 12.8 Å². The molecule has 1 aromatic heterocycles. The molecular formula is C19H24N4O3. The van der Waals surface area contributed by atoms with Crippen molar-refractivity contribution in [3.05, 3.63) is 42.0 Å². The highest BCUT2D eigenvalue weighted by Gasteiger charge is 2.26. The molecule has 138 valence electrons. The number of urea groups is 1. The van der Waals surface area contributed by atoms with Crippen molar-refractivity contribution in [2.45, 2.75) is 38.4 Å². The summed E-state index contributed by atoms with van der Waals surface area (Å²) >= 11 is 0. The molecule has 7 nitrogen and oxygen atoms in total. The molecule has 1 N–H and O–H groups in total. The second-order valence-electron chi connectivity index (χ2n) is 6.87. The molecule has 4 rings (SSSR count). The number of benzene rings is 1. The first-order valence-corrected chi connectivity index (χ1v) is 9.04. The molecule has 0 bridgehead atoms. The van der Waals surface area contributed by atoms with Crippen LogP contribution in [0.5, 0.6) is 11.5 Å². The van der Waals surface area contributed by atoms with Crippen LogP contribution >= 0.6 is 0 Å². The summed E-state index contributed by atoms with van der Waals surface area (Å²) in [7, 11) is 1.80. The molecule has 0 saturated heterocycles. The van der Waals surface area contributed by atoms with Gasteiger partial charge in [-0.15, -0.1) is 0 Å². The molecule has 2 amide bonds. The highest BCUT2D eigenvalue weighted by atomic mass is 16.6. The number of fused-ring (bicyclic) bond motifs is 1. The number of hydrogen-bond acceptors (Lipinski definition) is 4. The predicted octanol–water partition coefficient (Wildman–Crippen LogP) is 2.89. The molecular weight excluding hydrogens is 332 g/mol. The number of amides is 2. The third kappa shape index (κ3) is 3.34. The van der Waals surface area contributed by atoms with Crippen molar-refractivity contribution in [2.24, 2.45) is 0 Å². The molecule has 1 atom stereocenters. The summed E-state index contributed by atoms with van der Waals surface area (Å²) in [5.74, 6) is 1.50. The van der Waals surface area contributed by atoms with Crippen LogP contribution in [0.4, 0.5) is 4.79 Å². The third-order valence-corrected chi connectivity index (χ3v) is 5.06. The number of hydrogen-bond donors (Lipinski definition) is 1. The number of nitrogens with zero attached hydrogens (tertiary/aromatic N) is 3. The van der Waals surface area contributed by atoms with E-state index in [0.717, 1.165) is 22.8 Å². The van der Waals surface area contributed by atoms with Gasteiger partial charge in [-0.05, 0) is 37.5 Å². The maximum Gasteiger partial charge on any atom is 0.317 e. The lowest BCUT2D eigenvalue weighted by atomic mass is 10.1.